The number of rotatable bonds is 5. The van der Waals surface area contributed by atoms with Crippen molar-refractivity contribution in [3.05, 3.63) is 94.2 Å². The van der Waals surface area contributed by atoms with Crippen molar-refractivity contribution in [1.29, 1.82) is 0 Å². The fourth-order valence-electron chi connectivity index (χ4n) is 4.08. The van der Waals surface area contributed by atoms with Crippen LogP contribution in [0.1, 0.15) is 37.4 Å². The van der Waals surface area contributed by atoms with Gasteiger partial charge in [-0.2, -0.15) is 0 Å². The van der Waals surface area contributed by atoms with Gasteiger partial charge in [0.15, 0.2) is 5.76 Å². The minimum atomic E-state index is -0.411. The minimum Gasteiger partial charge on any atom is -0.497 e. The van der Waals surface area contributed by atoms with E-state index in [0.29, 0.717) is 36.7 Å². The van der Waals surface area contributed by atoms with Gasteiger partial charge >= 0.3 is 5.97 Å². The summed E-state index contributed by atoms with van der Waals surface area (Å²) in [4.78, 5) is 26.8. The van der Waals surface area contributed by atoms with E-state index < -0.39 is 5.97 Å². The molecule has 0 radical (unpaired) electrons. The van der Waals surface area contributed by atoms with Gasteiger partial charge in [0.2, 0.25) is 5.78 Å². The van der Waals surface area contributed by atoms with Crippen LogP contribution in [0.25, 0.3) is 6.08 Å². The van der Waals surface area contributed by atoms with Gasteiger partial charge in [0.05, 0.1) is 30.9 Å². The van der Waals surface area contributed by atoms with E-state index in [2.05, 4.69) is 4.90 Å². The second-order valence-electron chi connectivity index (χ2n) is 8.08. The van der Waals surface area contributed by atoms with Gasteiger partial charge in [-0.1, -0.05) is 24.3 Å². The highest BCUT2D eigenvalue weighted by Gasteiger charge is 2.33. The van der Waals surface area contributed by atoms with Crippen molar-refractivity contribution < 1.29 is 28.5 Å². The first-order valence-electron chi connectivity index (χ1n) is 10.8. The summed E-state index contributed by atoms with van der Waals surface area (Å²) >= 11 is 0. The zero-order valence-corrected chi connectivity index (χ0v) is 18.9. The number of allylic oxidation sites excluding steroid dienone is 1. The molecule has 0 N–H and O–H groups in total. The highest BCUT2D eigenvalue weighted by atomic mass is 16.5. The molecule has 0 saturated heterocycles. The van der Waals surface area contributed by atoms with Gasteiger partial charge in [0.1, 0.15) is 24.0 Å². The molecular weight excluding hydrogens is 434 g/mol. The Balaban J connectivity index is 1.36. The fraction of sp³-hybridized carbons (Fsp3) is 0.185. The molecule has 0 fully saturated rings. The van der Waals surface area contributed by atoms with Gasteiger partial charge in [0, 0.05) is 13.1 Å². The number of nitrogens with zero attached hydrogens (tertiary/aromatic N) is 1. The normalized spacial score (nSPS) is 15.8. The molecule has 0 bridgehead atoms. The zero-order chi connectivity index (χ0) is 23.7. The van der Waals surface area contributed by atoms with Crippen molar-refractivity contribution in [1.82, 2.24) is 4.90 Å². The van der Waals surface area contributed by atoms with Crippen LogP contribution in [-0.4, -0.2) is 37.6 Å². The van der Waals surface area contributed by atoms with E-state index in [1.165, 1.54) is 7.11 Å². The number of hydrogen-bond donors (Lipinski definition) is 0. The van der Waals surface area contributed by atoms with E-state index in [9.17, 15) is 9.59 Å². The molecule has 0 amide bonds. The van der Waals surface area contributed by atoms with Crippen LogP contribution in [0.15, 0.2) is 66.4 Å². The maximum absolute atomic E-state index is 13.0. The van der Waals surface area contributed by atoms with Gasteiger partial charge in [-0.15, -0.1) is 0 Å². The molecule has 0 aliphatic carbocycles. The first-order chi connectivity index (χ1) is 16.6. The van der Waals surface area contributed by atoms with E-state index in [1.54, 1.807) is 43.5 Å². The average molecular weight is 457 g/mol. The van der Waals surface area contributed by atoms with E-state index >= 15 is 0 Å². The monoisotopic (exact) mass is 457 g/mol. The summed E-state index contributed by atoms with van der Waals surface area (Å²) in [5, 5.41) is 0. The molecule has 7 nitrogen and oxygen atoms in total. The number of esters is 1. The van der Waals surface area contributed by atoms with Gasteiger partial charge in [-0.05, 0) is 53.6 Å². The quantitative estimate of drug-likeness (QED) is 0.414. The van der Waals surface area contributed by atoms with Crippen LogP contribution in [0.2, 0.25) is 0 Å². The molecule has 3 aromatic carbocycles. The zero-order valence-electron chi connectivity index (χ0n) is 18.9. The summed E-state index contributed by atoms with van der Waals surface area (Å²) in [6, 6.07) is 18.3. The molecule has 0 atom stereocenters. The van der Waals surface area contributed by atoms with Crippen LogP contribution in [0.3, 0.4) is 0 Å². The number of methoxy groups -OCH3 is 2. The summed E-state index contributed by atoms with van der Waals surface area (Å²) in [6.07, 6.45) is 1.68. The number of fused-ring (bicyclic) bond motifs is 3. The Hall–Kier alpha value is -4.10. The molecule has 3 aromatic rings. The number of hydrogen-bond acceptors (Lipinski definition) is 7. The Labute approximate surface area is 197 Å². The van der Waals surface area contributed by atoms with Crippen LogP contribution in [0, 0.1) is 0 Å². The van der Waals surface area contributed by atoms with Crippen molar-refractivity contribution in [3.63, 3.8) is 0 Å². The predicted molar refractivity (Wildman–Crippen MR) is 125 cm³/mol. The lowest BCUT2D eigenvalue weighted by molar-refractivity contribution is 0.0600. The molecule has 0 spiro atoms. The molecule has 172 valence electrons. The Bertz CT molecular complexity index is 1280. The van der Waals surface area contributed by atoms with Crippen LogP contribution in [0.4, 0.5) is 0 Å². The Kier molecular flexibility index (Phi) is 5.77. The van der Waals surface area contributed by atoms with Gasteiger partial charge in [0.25, 0.3) is 0 Å². The molecule has 0 saturated carbocycles. The second kappa shape index (κ2) is 9.03. The van der Waals surface area contributed by atoms with Crippen LogP contribution >= 0.6 is 0 Å². The first kappa shape index (κ1) is 21.7. The number of ether oxygens (including phenoxy) is 4. The van der Waals surface area contributed by atoms with E-state index in [-0.39, 0.29) is 11.5 Å². The van der Waals surface area contributed by atoms with E-state index in [0.717, 1.165) is 28.2 Å². The number of benzene rings is 3. The third kappa shape index (κ3) is 4.13. The summed E-state index contributed by atoms with van der Waals surface area (Å²) in [5.74, 6) is 1.72. The van der Waals surface area contributed by atoms with Crippen molar-refractivity contribution in [2.24, 2.45) is 0 Å². The summed E-state index contributed by atoms with van der Waals surface area (Å²) in [5.41, 5.74) is 3.69. The molecule has 5 rings (SSSR count). The lowest BCUT2D eigenvalue weighted by atomic mass is 10.0. The molecule has 34 heavy (non-hydrogen) atoms. The number of ketones is 1. The maximum atomic E-state index is 13.0. The van der Waals surface area contributed by atoms with Crippen LogP contribution in [0.5, 0.6) is 17.2 Å². The van der Waals surface area contributed by atoms with Crippen LogP contribution in [-0.2, 0) is 17.8 Å². The van der Waals surface area contributed by atoms with Crippen molar-refractivity contribution in [2.45, 2.75) is 13.1 Å². The second-order valence-corrected chi connectivity index (χ2v) is 8.08. The SMILES string of the molecule is COC(=O)c1ccc(/C=C2\Oc3c(ccc4c3CN(Cc3ccc(OC)cc3)CO4)C2=O)cc1. The number of carbonyl (C=O) groups is 2. The van der Waals surface area contributed by atoms with Crippen molar-refractivity contribution in [2.75, 3.05) is 21.0 Å². The van der Waals surface area contributed by atoms with Gasteiger partial charge < -0.3 is 18.9 Å². The smallest absolute Gasteiger partial charge is 0.337 e. The van der Waals surface area contributed by atoms with Gasteiger partial charge in [-0.3, -0.25) is 9.69 Å². The Morgan fingerprint density at radius 2 is 1.79 bits per heavy atom. The molecule has 0 unspecified atom stereocenters. The number of carbonyl (C=O) groups excluding carboxylic acids is 2. The Morgan fingerprint density at radius 3 is 2.50 bits per heavy atom. The molecular formula is C27H23NO6. The lowest BCUT2D eigenvalue weighted by Crippen LogP contribution is -2.31. The van der Waals surface area contributed by atoms with Crippen molar-refractivity contribution in [3.8, 4) is 17.2 Å². The summed E-state index contributed by atoms with van der Waals surface area (Å²) in [7, 11) is 2.98. The summed E-state index contributed by atoms with van der Waals surface area (Å²) < 4.78 is 22.0. The maximum Gasteiger partial charge on any atom is 0.337 e. The van der Waals surface area contributed by atoms with Gasteiger partial charge in [-0.25, -0.2) is 4.79 Å². The predicted octanol–water partition coefficient (Wildman–Crippen LogP) is 4.45. The molecule has 2 aliphatic heterocycles. The highest BCUT2D eigenvalue weighted by Crippen LogP contribution is 2.42. The first-order valence-corrected chi connectivity index (χ1v) is 10.8. The largest absolute Gasteiger partial charge is 0.497 e. The highest BCUT2D eigenvalue weighted by molar-refractivity contribution is 6.15. The molecule has 2 heterocycles. The third-order valence-electron chi connectivity index (χ3n) is 5.88. The average Bonchev–Trinajstić information content (AvgIpc) is 3.20. The minimum absolute atomic E-state index is 0.179. The topological polar surface area (TPSA) is 74.3 Å². The third-order valence-corrected chi connectivity index (χ3v) is 5.88. The Morgan fingerprint density at radius 1 is 1.03 bits per heavy atom. The summed E-state index contributed by atoms with van der Waals surface area (Å²) in [6.45, 7) is 1.73. The molecule has 2 aliphatic rings. The standard InChI is InChI=1S/C27H23NO6/c1-31-20-9-5-18(6-10-20)14-28-15-22-23(33-16-28)12-11-21-25(29)24(34-26(21)22)13-17-3-7-19(8-4-17)27(30)32-2/h3-13H,14-16H2,1-2H3/b24-13-. The fourth-order valence-corrected chi connectivity index (χ4v) is 4.08. The van der Waals surface area contributed by atoms with Crippen LogP contribution < -0.4 is 14.2 Å². The number of Topliss-reactive ketones (excluding diaryl/α,β-unsaturated/α-hetero) is 1. The van der Waals surface area contributed by atoms with Crippen molar-refractivity contribution >= 4 is 17.8 Å². The van der Waals surface area contributed by atoms with E-state index in [4.69, 9.17) is 18.9 Å². The van der Waals surface area contributed by atoms with E-state index in [1.807, 2.05) is 30.3 Å². The lowest BCUT2D eigenvalue weighted by Gasteiger charge is -2.29. The molecule has 7 heteroatoms. The molecule has 0 aromatic heterocycles.